The number of likely N-dealkylation sites (tertiary alicyclic amines) is 1. The summed E-state index contributed by atoms with van der Waals surface area (Å²) in [5.41, 5.74) is 1.53. The van der Waals surface area contributed by atoms with Crippen LogP contribution in [0.3, 0.4) is 0 Å². The lowest BCUT2D eigenvalue weighted by molar-refractivity contribution is -0.137. The predicted octanol–water partition coefficient (Wildman–Crippen LogP) is 2.03. The van der Waals surface area contributed by atoms with Gasteiger partial charge in [-0.3, -0.25) is 14.7 Å². The van der Waals surface area contributed by atoms with E-state index >= 15 is 0 Å². The normalized spacial score (nSPS) is 18.7. The molecule has 0 saturated carbocycles. The van der Waals surface area contributed by atoms with E-state index in [1.807, 2.05) is 24.8 Å². The molecule has 22 heavy (non-hydrogen) atoms. The highest BCUT2D eigenvalue weighted by atomic mass is 16.2. The Morgan fingerprint density at radius 2 is 2.27 bits per heavy atom. The van der Waals surface area contributed by atoms with Crippen LogP contribution in [0.25, 0.3) is 0 Å². The Balaban J connectivity index is 1.98. The predicted molar refractivity (Wildman–Crippen MR) is 84.9 cm³/mol. The van der Waals surface area contributed by atoms with Crippen molar-refractivity contribution in [2.75, 3.05) is 26.2 Å². The summed E-state index contributed by atoms with van der Waals surface area (Å²) in [6.07, 6.45) is 3.68. The molecule has 5 heteroatoms. The van der Waals surface area contributed by atoms with Crippen LogP contribution >= 0.6 is 0 Å². The molecule has 0 aliphatic carbocycles. The van der Waals surface area contributed by atoms with Gasteiger partial charge in [-0.05, 0) is 45.4 Å². The second kappa shape index (κ2) is 7.90. The first-order valence-corrected chi connectivity index (χ1v) is 8.04. The molecule has 1 fully saturated rings. The first kappa shape index (κ1) is 16.4. The van der Waals surface area contributed by atoms with E-state index in [2.05, 4.69) is 16.0 Å². The Hall–Kier alpha value is -1.93. The summed E-state index contributed by atoms with van der Waals surface area (Å²) in [6, 6.07) is 5.69. The first-order chi connectivity index (χ1) is 10.7. The minimum absolute atomic E-state index is 0.0906. The van der Waals surface area contributed by atoms with Crippen molar-refractivity contribution in [1.29, 1.82) is 5.26 Å². The van der Waals surface area contributed by atoms with E-state index in [1.54, 1.807) is 12.3 Å². The highest BCUT2D eigenvalue weighted by Gasteiger charge is 2.28. The average Bonchev–Trinajstić information content (AvgIpc) is 2.56. The van der Waals surface area contributed by atoms with E-state index in [9.17, 15) is 4.79 Å². The van der Waals surface area contributed by atoms with Crippen molar-refractivity contribution in [3.63, 3.8) is 0 Å². The second-order valence-corrected chi connectivity index (χ2v) is 5.73. The molecule has 1 aromatic rings. The molecule has 0 bridgehead atoms. The minimum atomic E-state index is 0.0906. The van der Waals surface area contributed by atoms with Crippen molar-refractivity contribution in [3.8, 4) is 6.07 Å². The monoisotopic (exact) mass is 300 g/mol. The zero-order chi connectivity index (χ0) is 15.9. The van der Waals surface area contributed by atoms with Crippen LogP contribution in [0, 0.1) is 17.2 Å². The van der Waals surface area contributed by atoms with Gasteiger partial charge in [0.05, 0.1) is 23.2 Å². The lowest BCUT2D eigenvalue weighted by Gasteiger charge is -2.34. The molecule has 2 heterocycles. The number of nitriles is 1. The molecule has 1 saturated heterocycles. The van der Waals surface area contributed by atoms with Crippen LogP contribution < -0.4 is 0 Å². The molecule has 1 aliphatic rings. The van der Waals surface area contributed by atoms with Crippen LogP contribution in [0.15, 0.2) is 18.3 Å². The standard InChI is InChI=1S/C17H24N4O/c1-3-21(4-2)17(22)15-6-5-9-20(12-15)13-16-10-14(11-18)7-8-19-16/h7-8,10,15H,3-6,9,12-13H2,1-2H3/t15-/m0/s1. The van der Waals surface area contributed by atoms with Gasteiger partial charge in [0, 0.05) is 32.4 Å². The maximum Gasteiger partial charge on any atom is 0.226 e. The number of amides is 1. The molecule has 1 amide bonds. The molecule has 0 spiro atoms. The average molecular weight is 300 g/mol. The molecule has 2 rings (SSSR count). The van der Waals surface area contributed by atoms with Gasteiger partial charge in [0.15, 0.2) is 0 Å². The second-order valence-electron chi connectivity index (χ2n) is 5.73. The van der Waals surface area contributed by atoms with E-state index in [0.29, 0.717) is 12.1 Å². The zero-order valence-corrected chi connectivity index (χ0v) is 13.5. The number of rotatable bonds is 5. The maximum atomic E-state index is 12.5. The summed E-state index contributed by atoms with van der Waals surface area (Å²) in [7, 11) is 0. The van der Waals surface area contributed by atoms with Crippen LogP contribution in [-0.4, -0.2) is 46.9 Å². The number of carbonyl (C=O) groups excluding carboxylic acids is 1. The van der Waals surface area contributed by atoms with Crippen LogP contribution in [0.2, 0.25) is 0 Å². The molecule has 5 nitrogen and oxygen atoms in total. The van der Waals surface area contributed by atoms with Crippen molar-refractivity contribution >= 4 is 5.91 Å². The van der Waals surface area contributed by atoms with Crippen LogP contribution in [-0.2, 0) is 11.3 Å². The van der Waals surface area contributed by atoms with Crippen molar-refractivity contribution in [2.24, 2.45) is 5.92 Å². The number of nitrogens with zero attached hydrogens (tertiary/aromatic N) is 4. The van der Waals surface area contributed by atoms with E-state index in [1.165, 1.54) is 0 Å². The number of carbonyl (C=O) groups is 1. The molecule has 0 unspecified atom stereocenters. The van der Waals surface area contributed by atoms with Crippen molar-refractivity contribution in [1.82, 2.24) is 14.8 Å². The molecule has 0 N–H and O–H groups in total. The van der Waals surface area contributed by atoms with Gasteiger partial charge in [-0.1, -0.05) is 0 Å². The highest BCUT2D eigenvalue weighted by molar-refractivity contribution is 5.79. The van der Waals surface area contributed by atoms with Crippen LogP contribution in [0.1, 0.15) is 37.9 Å². The molecule has 1 atom stereocenters. The minimum Gasteiger partial charge on any atom is -0.343 e. The van der Waals surface area contributed by atoms with Crippen molar-refractivity contribution in [2.45, 2.75) is 33.2 Å². The number of hydrogen-bond donors (Lipinski definition) is 0. The molecule has 0 radical (unpaired) electrons. The zero-order valence-electron chi connectivity index (χ0n) is 13.5. The molecule has 1 aliphatic heterocycles. The molecular weight excluding hydrogens is 276 g/mol. The Kier molecular flexibility index (Phi) is 5.91. The highest BCUT2D eigenvalue weighted by Crippen LogP contribution is 2.20. The topological polar surface area (TPSA) is 60.2 Å². The third kappa shape index (κ3) is 4.05. The van der Waals surface area contributed by atoms with Crippen LogP contribution in [0.5, 0.6) is 0 Å². The van der Waals surface area contributed by atoms with Gasteiger partial charge in [0.25, 0.3) is 0 Å². The summed E-state index contributed by atoms with van der Waals surface area (Å²) < 4.78 is 0. The Morgan fingerprint density at radius 1 is 1.50 bits per heavy atom. The number of piperidine rings is 1. The van der Waals surface area contributed by atoms with E-state index < -0.39 is 0 Å². The molecule has 0 aromatic carbocycles. The largest absolute Gasteiger partial charge is 0.343 e. The van der Waals surface area contributed by atoms with E-state index in [0.717, 1.165) is 44.7 Å². The summed E-state index contributed by atoms with van der Waals surface area (Å²) in [5.74, 6) is 0.362. The fraction of sp³-hybridized carbons (Fsp3) is 0.588. The summed E-state index contributed by atoms with van der Waals surface area (Å²) >= 11 is 0. The third-order valence-corrected chi connectivity index (χ3v) is 4.26. The Bertz CT molecular complexity index is 548. The lowest BCUT2D eigenvalue weighted by Crippen LogP contribution is -2.44. The van der Waals surface area contributed by atoms with Gasteiger partial charge in [0.1, 0.15) is 0 Å². The SMILES string of the molecule is CCN(CC)C(=O)[C@H]1CCCN(Cc2cc(C#N)ccn2)C1. The molecular formula is C17H24N4O. The van der Waals surface area contributed by atoms with Gasteiger partial charge in [-0.15, -0.1) is 0 Å². The first-order valence-electron chi connectivity index (χ1n) is 8.04. The van der Waals surface area contributed by atoms with Gasteiger partial charge < -0.3 is 4.90 Å². The Morgan fingerprint density at radius 3 is 2.95 bits per heavy atom. The number of aromatic nitrogens is 1. The van der Waals surface area contributed by atoms with Crippen LogP contribution in [0.4, 0.5) is 0 Å². The van der Waals surface area contributed by atoms with Crippen molar-refractivity contribution in [3.05, 3.63) is 29.6 Å². The van der Waals surface area contributed by atoms with Gasteiger partial charge in [-0.25, -0.2) is 0 Å². The fourth-order valence-electron chi connectivity index (χ4n) is 3.06. The Labute approximate surface area is 132 Å². The fourth-order valence-corrected chi connectivity index (χ4v) is 3.06. The number of hydrogen-bond acceptors (Lipinski definition) is 4. The van der Waals surface area contributed by atoms with Gasteiger partial charge >= 0.3 is 0 Å². The van der Waals surface area contributed by atoms with Gasteiger partial charge in [0.2, 0.25) is 5.91 Å². The van der Waals surface area contributed by atoms with Gasteiger partial charge in [-0.2, -0.15) is 5.26 Å². The van der Waals surface area contributed by atoms with E-state index in [-0.39, 0.29) is 11.8 Å². The quantitative estimate of drug-likeness (QED) is 0.835. The summed E-state index contributed by atoms with van der Waals surface area (Å²) in [5, 5.41) is 8.96. The van der Waals surface area contributed by atoms with E-state index in [4.69, 9.17) is 5.26 Å². The van der Waals surface area contributed by atoms with Crippen molar-refractivity contribution < 1.29 is 4.79 Å². The smallest absolute Gasteiger partial charge is 0.226 e. The summed E-state index contributed by atoms with van der Waals surface area (Å²) in [4.78, 5) is 21.0. The molecule has 118 valence electrons. The summed E-state index contributed by atoms with van der Waals surface area (Å²) in [6.45, 7) is 8.08. The third-order valence-electron chi connectivity index (χ3n) is 4.26. The number of pyridine rings is 1. The molecule has 1 aromatic heterocycles. The lowest BCUT2D eigenvalue weighted by atomic mass is 9.96. The maximum absolute atomic E-state index is 12.5.